The lowest BCUT2D eigenvalue weighted by molar-refractivity contribution is -0.113. The summed E-state index contributed by atoms with van der Waals surface area (Å²) < 4.78 is 13.3. The summed E-state index contributed by atoms with van der Waals surface area (Å²) in [5.41, 5.74) is 2.95. The van der Waals surface area contributed by atoms with Crippen LogP contribution in [0.2, 0.25) is 0 Å². The second-order valence-corrected chi connectivity index (χ2v) is 9.45. The van der Waals surface area contributed by atoms with Crippen molar-refractivity contribution in [2.24, 2.45) is 0 Å². The Kier molecular flexibility index (Phi) is 7.20. The van der Waals surface area contributed by atoms with Crippen LogP contribution in [0.25, 0.3) is 0 Å². The van der Waals surface area contributed by atoms with Crippen molar-refractivity contribution in [3.05, 3.63) is 65.2 Å². The zero-order chi connectivity index (χ0) is 24.1. The highest BCUT2D eigenvalue weighted by atomic mass is 32.2. The van der Waals surface area contributed by atoms with Crippen LogP contribution in [0.4, 0.5) is 16.6 Å². The van der Waals surface area contributed by atoms with Crippen LogP contribution >= 0.6 is 23.1 Å². The summed E-state index contributed by atoms with van der Waals surface area (Å²) >= 11 is 2.62. The Hall–Kier alpha value is -3.75. The van der Waals surface area contributed by atoms with Crippen molar-refractivity contribution >= 4 is 45.6 Å². The number of carbonyl (C=O) groups is 1. The van der Waals surface area contributed by atoms with Crippen molar-refractivity contribution in [1.82, 2.24) is 14.8 Å². The molecule has 174 valence electrons. The Morgan fingerprint density at radius 2 is 2.09 bits per heavy atom. The van der Waals surface area contributed by atoms with E-state index in [1.54, 1.807) is 19.4 Å². The molecule has 0 saturated heterocycles. The van der Waals surface area contributed by atoms with Crippen LogP contribution < -0.4 is 15.4 Å². The Balaban J connectivity index is 1.42. The summed E-state index contributed by atoms with van der Waals surface area (Å²) in [5.74, 6) is 1.78. The summed E-state index contributed by atoms with van der Waals surface area (Å²) in [4.78, 5) is 12.8. The first-order chi connectivity index (χ1) is 16.5. The number of ether oxygens (including phenoxy) is 1. The maximum absolute atomic E-state index is 12.8. The highest BCUT2D eigenvalue weighted by Crippen LogP contribution is 2.32. The van der Waals surface area contributed by atoms with E-state index in [-0.39, 0.29) is 11.7 Å². The van der Waals surface area contributed by atoms with E-state index in [2.05, 4.69) is 26.9 Å². The van der Waals surface area contributed by atoms with Gasteiger partial charge in [-0.3, -0.25) is 4.79 Å². The first kappa shape index (κ1) is 23.4. The largest absolute Gasteiger partial charge is 0.495 e. The number of benzene rings is 1. The monoisotopic (exact) mass is 494 g/mol. The molecule has 0 atom stereocenters. The zero-order valence-corrected chi connectivity index (χ0v) is 20.4. The number of amides is 1. The van der Waals surface area contributed by atoms with Crippen molar-refractivity contribution in [3.8, 4) is 11.8 Å². The standard InChI is InChI=1S/C23H22N6O3S2/c1-14-15(2)29(12-16-7-6-10-32-16)21(17(14)11-24)26-20(30)13-33-23-28-27-22(34-23)25-18-8-4-5-9-19(18)31-3/h4-10H,12-13H2,1-3H3,(H,25,27)(H,26,30). The fourth-order valence-corrected chi connectivity index (χ4v) is 4.93. The van der Waals surface area contributed by atoms with E-state index >= 15 is 0 Å². The number of hydrogen-bond donors (Lipinski definition) is 2. The molecule has 0 aliphatic carbocycles. The third-order valence-electron chi connectivity index (χ3n) is 5.17. The molecular formula is C23H22N6O3S2. The second-order valence-electron chi connectivity index (χ2n) is 7.25. The summed E-state index contributed by atoms with van der Waals surface area (Å²) in [6.07, 6.45) is 1.60. The minimum Gasteiger partial charge on any atom is -0.495 e. The quantitative estimate of drug-likeness (QED) is 0.314. The van der Waals surface area contributed by atoms with Gasteiger partial charge >= 0.3 is 0 Å². The van der Waals surface area contributed by atoms with Gasteiger partial charge in [0.15, 0.2) is 4.34 Å². The van der Waals surface area contributed by atoms with Gasteiger partial charge in [-0.1, -0.05) is 35.2 Å². The molecule has 0 fully saturated rings. The molecule has 3 heterocycles. The molecule has 11 heteroatoms. The van der Waals surface area contributed by atoms with Gasteiger partial charge < -0.3 is 24.4 Å². The van der Waals surface area contributed by atoms with E-state index in [0.717, 1.165) is 22.7 Å². The smallest absolute Gasteiger partial charge is 0.235 e. The number of para-hydroxylation sites is 2. The molecule has 0 aliphatic rings. The van der Waals surface area contributed by atoms with Gasteiger partial charge in [0.05, 0.1) is 36.9 Å². The Bertz CT molecular complexity index is 1340. The Morgan fingerprint density at radius 1 is 1.26 bits per heavy atom. The lowest BCUT2D eigenvalue weighted by atomic mass is 10.2. The second kappa shape index (κ2) is 10.5. The van der Waals surface area contributed by atoms with Gasteiger partial charge in [0.25, 0.3) is 0 Å². The van der Waals surface area contributed by atoms with E-state index in [0.29, 0.717) is 33.1 Å². The molecule has 1 amide bonds. The molecule has 34 heavy (non-hydrogen) atoms. The van der Waals surface area contributed by atoms with Gasteiger partial charge in [0, 0.05) is 5.69 Å². The zero-order valence-electron chi connectivity index (χ0n) is 18.8. The molecular weight excluding hydrogens is 472 g/mol. The minimum atomic E-state index is -0.242. The van der Waals surface area contributed by atoms with E-state index in [9.17, 15) is 10.1 Å². The Labute approximate surface area is 204 Å². The normalized spacial score (nSPS) is 10.6. The first-order valence-electron chi connectivity index (χ1n) is 10.3. The molecule has 0 aliphatic heterocycles. The van der Waals surface area contributed by atoms with Crippen LogP contribution in [0.3, 0.4) is 0 Å². The highest BCUT2D eigenvalue weighted by Gasteiger charge is 2.21. The average Bonchev–Trinajstić information content (AvgIpc) is 3.57. The van der Waals surface area contributed by atoms with Gasteiger partial charge in [-0.05, 0) is 43.7 Å². The van der Waals surface area contributed by atoms with Crippen LogP contribution in [0, 0.1) is 25.2 Å². The molecule has 0 bridgehead atoms. The molecule has 0 spiro atoms. The number of nitrogens with zero attached hydrogens (tertiary/aromatic N) is 4. The number of nitriles is 1. The first-order valence-corrected chi connectivity index (χ1v) is 12.1. The molecule has 9 nitrogen and oxygen atoms in total. The molecule has 0 radical (unpaired) electrons. The third-order valence-corrected chi connectivity index (χ3v) is 7.15. The number of methoxy groups -OCH3 is 1. The van der Waals surface area contributed by atoms with Gasteiger partial charge in [0.1, 0.15) is 23.4 Å². The van der Waals surface area contributed by atoms with E-state index in [4.69, 9.17) is 9.15 Å². The predicted molar refractivity (Wildman–Crippen MR) is 132 cm³/mol. The van der Waals surface area contributed by atoms with Crippen molar-refractivity contribution in [2.75, 3.05) is 23.5 Å². The fourth-order valence-electron chi connectivity index (χ4n) is 3.36. The minimum absolute atomic E-state index is 0.123. The molecule has 1 aromatic carbocycles. The maximum Gasteiger partial charge on any atom is 0.235 e. The van der Waals surface area contributed by atoms with E-state index < -0.39 is 0 Å². The van der Waals surface area contributed by atoms with Crippen LogP contribution in [-0.4, -0.2) is 33.5 Å². The van der Waals surface area contributed by atoms with Crippen LogP contribution in [-0.2, 0) is 11.3 Å². The van der Waals surface area contributed by atoms with Crippen LogP contribution in [0.5, 0.6) is 5.75 Å². The number of rotatable bonds is 9. The average molecular weight is 495 g/mol. The highest BCUT2D eigenvalue weighted by molar-refractivity contribution is 8.01. The maximum atomic E-state index is 12.8. The molecule has 2 N–H and O–H groups in total. The topological polar surface area (TPSA) is 118 Å². The Morgan fingerprint density at radius 3 is 2.82 bits per heavy atom. The van der Waals surface area contributed by atoms with Gasteiger partial charge in [-0.2, -0.15) is 5.26 Å². The lowest BCUT2D eigenvalue weighted by Gasteiger charge is -2.11. The molecule has 0 unspecified atom stereocenters. The van der Waals surface area contributed by atoms with E-state index in [1.807, 2.05) is 48.7 Å². The third kappa shape index (κ3) is 5.08. The van der Waals surface area contributed by atoms with Crippen molar-refractivity contribution in [1.29, 1.82) is 5.26 Å². The van der Waals surface area contributed by atoms with Gasteiger partial charge in [-0.15, -0.1) is 10.2 Å². The summed E-state index contributed by atoms with van der Waals surface area (Å²) in [7, 11) is 1.60. The number of nitrogens with one attached hydrogen (secondary N) is 2. The van der Waals surface area contributed by atoms with Gasteiger partial charge in [0.2, 0.25) is 11.0 Å². The summed E-state index contributed by atoms with van der Waals surface area (Å²) in [5, 5.41) is 24.6. The van der Waals surface area contributed by atoms with Crippen molar-refractivity contribution in [3.63, 3.8) is 0 Å². The number of carbonyl (C=O) groups excluding carboxylic acids is 1. The SMILES string of the molecule is COc1ccccc1Nc1nnc(SCC(=O)Nc2c(C#N)c(C)c(C)n2Cc2ccco2)s1. The van der Waals surface area contributed by atoms with Crippen molar-refractivity contribution < 1.29 is 13.9 Å². The molecule has 0 saturated carbocycles. The summed E-state index contributed by atoms with van der Waals surface area (Å²) in [6.45, 7) is 4.20. The number of thioether (sulfide) groups is 1. The van der Waals surface area contributed by atoms with Crippen LogP contribution in [0.15, 0.2) is 51.4 Å². The predicted octanol–water partition coefficient (Wildman–Crippen LogP) is 4.95. The molecule has 4 aromatic rings. The van der Waals surface area contributed by atoms with E-state index in [1.165, 1.54) is 23.1 Å². The summed E-state index contributed by atoms with van der Waals surface area (Å²) in [6, 6.07) is 13.4. The number of furan rings is 1. The molecule has 3 aromatic heterocycles. The number of hydrogen-bond acceptors (Lipinski definition) is 9. The number of aromatic nitrogens is 3. The number of anilines is 3. The lowest BCUT2D eigenvalue weighted by Crippen LogP contribution is -2.18. The van der Waals surface area contributed by atoms with Crippen molar-refractivity contribution in [2.45, 2.75) is 24.7 Å². The van der Waals surface area contributed by atoms with Gasteiger partial charge in [-0.25, -0.2) is 0 Å². The van der Waals surface area contributed by atoms with Crippen LogP contribution in [0.1, 0.15) is 22.6 Å². The fraction of sp³-hybridized carbons (Fsp3) is 0.217. The molecule has 4 rings (SSSR count).